The van der Waals surface area contributed by atoms with Gasteiger partial charge in [-0.3, -0.25) is 4.79 Å². The highest BCUT2D eigenvalue weighted by molar-refractivity contribution is 5.94. The number of azo groups is 1. The zero-order chi connectivity index (χ0) is 21.6. The van der Waals surface area contributed by atoms with E-state index in [1.807, 2.05) is 50.1 Å². The zero-order valence-electron chi connectivity index (χ0n) is 18.1. The average Bonchev–Trinajstić information content (AvgIpc) is 3.40. The molecule has 0 saturated heterocycles. The Morgan fingerprint density at radius 2 is 2.06 bits per heavy atom. The molecule has 0 bridgehead atoms. The van der Waals surface area contributed by atoms with E-state index >= 15 is 0 Å². The summed E-state index contributed by atoms with van der Waals surface area (Å²) in [7, 11) is 0. The van der Waals surface area contributed by atoms with Gasteiger partial charge in [-0.15, -0.1) is 0 Å². The molecule has 2 aliphatic heterocycles. The minimum Gasteiger partial charge on any atom is -0.355 e. The molecule has 1 amide bonds. The maximum absolute atomic E-state index is 12.6. The van der Waals surface area contributed by atoms with Crippen LogP contribution in [0.2, 0.25) is 0 Å². The molecule has 3 aromatic rings. The molecule has 5 rings (SSSR count). The van der Waals surface area contributed by atoms with Crippen LogP contribution in [0.15, 0.2) is 52.8 Å². The van der Waals surface area contributed by atoms with Gasteiger partial charge in [0.2, 0.25) is 5.91 Å². The van der Waals surface area contributed by atoms with Gasteiger partial charge in [-0.1, -0.05) is 26.8 Å². The number of carbonyl (C=O) groups is 1. The third-order valence-corrected chi connectivity index (χ3v) is 5.79. The minimum atomic E-state index is -0.351. The summed E-state index contributed by atoms with van der Waals surface area (Å²) < 4.78 is 0. The van der Waals surface area contributed by atoms with E-state index in [1.54, 1.807) is 0 Å². The third-order valence-electron chi connectivity index (χ3n) is 5.79. The summed E-state index contributed by atoms with van der Waals surface area (Å²) in [5, 5.41) is 12.8. The Morgan fingerprint density at radius 3 is 2.84 bits per heavy atom. The van der Waals surface area contributed by atoms with E-state index in [4.69, 9.17) is 0 Å². The van der Waals surface area contributed by atoms with Gasteiger partial charge in [0.05, 0.1) is 17.9 Å². The number of H-pyrrole nitrogens is 1. The molecule has 7 nitrogen and oxygen atoms in total. The lowest BCUT2D eigenvalue weighted by molar-refractivity contribution is -0.139. The summed E-state index contributed by atoms with van der Waals surface area (Å²) in [4.78, 5) is 22.5. The number of hydrogen-bond donors (Lipinski definition) is 2. The van der Waals surface area contributed by atoms with Crippen LogP contribution < -0.4 is 5.32 Å². The van der Waals surface area contributed by atoms with Crippen molar-refractivity contribution in [2.45, 2.75) is 33.7 Å². The number of carbonyl (C=O) groups excluding carboxylic acids is 1. The molecule has 31 heavy (non-hydrogen) atoms. The fraction of sp³-hybridized carbons (Fsp3) is 0.333. The monoisotopic (exact) mass is 414 g/mol. The lowest BCUT2D eigenvalue weighted by Gasteiger charge is -2.31. The molecule has 158 valence electrons. The molecular formula is C24H26N6O. The van der Waals surface area contributed by atoms with Crippen molar-refractivity contribution in [3.63, 3.8) is 0 Å². The van der Waals surface area contributed by atoms with Crippen molar-refractivity contribution in [2.75, 3.05) is 18.4 Å². The topological polar surface area (TPSA) is 85.7 Å². The molecule has 4 heterocycles. The molecule has 0 saturated carbocycles. The largest absolute Gasteiger partial charge is 0.355 e. The van der Waals surface area contributed by atoms with Crippen molar-refractivity contribution >= 4 is 39.6 Å². The van der Waals surface area contributed by atoms with Crippen LogP contribution >= 0.6 is 0 Å². The first-order chi connectivity index (χ1) is 14.9. The number of hydrogen-bond acceptors (Lipinski definition) is 5. The van der Waals surface area contributed by atoms with Crippen LogP contribution in [0.5, 0.6) is 0 Å². The van der Waals surface area contributed by atoms with Crippen molar-refractivity contribution in [1.82, 2.24) is 14.9 Å². The second-order valence-corrected chi connectivity index (χ2v) is 9.15. The minimum absolute atomic E-state index is 0.197. The van der Waals surface area contributed by atoms with Gasteiger partial charge in [0.1, 0.15) is 5.65 Å². The number of nitrogens with zero attached hydrogens (tertiary/aromatic N) is 4. The first kappa shape index (κ1) is 19.5. The summed E-state index contributed by atoms with van der Waals surface area (Å²) >= 11 is 0. The van der Waals surface area contributed by atoms with Crippen LogP contribution in [0.3, 0.4) is 0 Å². The summed E-state index contributed by atoms with van der Waals surface area (Å²) in [6.45, 7) is 7.92. The van der Waals surface area contributed by atoms with E-state index in [0.29, 0.717) is 13.1 Å². The maximum Gasteiger partial charge on any atom is 0.228 e. The zero-order valence-corrected chi connectivity index (χ0v) is 18.1. The SMILES string of the molecule is CC(C)(C)C(=O)N1CC=C(c2cc3c(Nc4ccc5c(c4)CN=N5)ccnc3[nH]2)CC1. The Balaban J connectivity index is 1.39. The Hall–Kier alpha value is -3.48. The average molecular weight is 415 g/mol. The first-order valence-electron chi connectivity index (χ1n) is 10.6. The number of pyridine rings is 1. The molecule has 0 radical (unpaired) electrons. The number of nitrogens with one attached hydrogen (secondary N) is 2. The molecule has 0 aliphatic carbocycles. The quantitative estimate of drug-likeness (QED) is 0.588. The van der Waals surface area contributed by atoms with E-state index in [1.165, 1.54) is 5.57 Å². The fourth-order valence-corrected chi connectivity index (χ4v) is 4.11. The van der Waals surface area contributed by atoms with E-state index in [0.717, 1.165) is 52.3 Å². The predicted octanol–water partition coefficient (Wildman–Crippen LogP) is 5.57. The molecule has 2 aromatic heterocycles. The maximum atomic E-state index is 12.6. The van der Waals surface area contributed by atoms with Crippen LogP contribution in [-0.2, 0) is 11.3 Å². The van der Waals surface area contributed by atoms with E-state index in [9.17, 15) is 4.79 Å². The smallest absolute Gasteiger partial charge is 0.228 e. The van der Waals surface area contributed by atoms with Crippen molar-refractivity contribution < 1.29 is 4.79 Å². The van der Waals surface area contributed by atoms with Gasteiger partial charge in [0.25, 0.3) is 0 Å². The molecule has 2 N–H and O–H groups in total. The second kappa shape index (κ2) is 7.34. The van der Waals surface area contributed by atoms with E-state index < -0.39 is 0 Å². The molecule has 0 atom stereocenters. The lowest BCUT2D eigenvalue weighted by atomic mass is 9.93. The highest BCUT2D eigenvalue weighted by Crippen LogP contribution is 2.33. The molecule has 0 unspecified atom stereocenters. The summed E-state index contributed by atoms with van der Waals surface area (Å²) in [5.74, 6) is 0.197. The predicted molar refractivity (Wildman–Crippen MR) is 123 cm³/mol. The summed E-state index contributed by atoms with van der Waals surface area (Å²) in [5.41, 5.74) is 6.87. The van der Waals surface area contributed by atoms with Crippen molar-refractivity contribution in [2.24, 2.45) is 15.6 Å². The number of aromatic nitrogens is 2. The van der Waals surface area contributed by atoms with Gasteiger partial charge in [0.15, 0.2) is 0 Å². The summed E-state index contributed by atoms with van der Waals surface area (Å²) in [6, 6.07) is 10.2. The second-order valence-electron chi connectivity index (χ2n) is 9.15. The van der Waals surface area contributed by atoms with Crippen LogP contribution in [0.25, 0.3) is 16.6 Å². The van der Waals surface area contributed by atoms with Crippen LogP contribution in [-0.4, -0.2) is 33.9 Å². The van der Waals surface area contributed by atoms with Crippen molar-refractivity contribution in [1.29, 1.82) is 0 Å². The number of rotatable bonds is 3. The molecule has 2 aliphatic rings. The Kier molecular flexibility index (Phi) is 4.61. The van der Waals surface area contributed by atoms with Gasteiger partial charge in [0, 0.05) is 47.0 Å². The Bertz CT molecular complexity index is 1230. The van der Waals surface area contributed by atoms with Gasteiger partial charge in [-0.25, -0.2) is 4.98 Å². The van der Waals surface area contributed by atoms with Crippen LogP contribution in [0, 0.1) is 5.41 Å². The molecule has 7 heteroatoms. The van der Waals surface area contributed by atoms with E-state index in [2.05, 4.69) is 43.7 Å². The number of benzene rings is 1. The lowest BCUT2D eigenvalue weighted by Crippen LogP contribution is -2.41. The number of amides is 1. The van der Waals surface area contributed by atoms with Crippen molar-refractivity contribution in [3.8, 4) is 0 Å². The molecule has 1 aromatic carbocycles. The number of anilines is 2. The number of fused-ring (bicyclic) bond motifs is 2. The highest BCUT2D eigenvalue weighted by atomic mass is 16.2. The van der Waals surface area contributed by atoms with Gasteiger partial charge in [-0.05, 0) is 42.3 Å². The highest BCUT2D eigenvalue weighted by Gasteiger charge is 2.28. The fourth-order valence-electron chi connectivity index (χ4n) is 4.11. The normalized spacial score (nSPS) is 15.8. The Morgan fingerprint density at radius 1 is 1.19 bits per heavy atom. The van der Waals surface area contributed by atoms with Gasteiger partial charge < -0.3 is 15.2 Å². The van der Waals surface area contributed by atoms with Crippen LogP contribution in [0.4, 0.5) is 17.1 Å². The Labute approximate surface area is 181 Å². The van der Waals surface area contributed by atoms with Gasteiger partial charge in [-0.2, -0.15) is 10.2 Å². The molecule has 0 fully saturated rings. The van der Waals surface area contributed by atoms with Gasteiger partial charge >= 0.3 is 0 Å². The van der Waals surface area contributed by atoms with Crippen LogP contribution in [0.1, 0.15) is 38.4 Å². The van der Waals surface area contributed by atoms with Crippen molar-refractivity contribution in [3.05, 3.63) is 53.9 Å². The number of aromatic amines is 1. The summed E-state index contributed by atoms with van der Waals surface area (Å²) in [6.07, 6.45) is 4.79. The standard InChI is InChI=1S/C24H26N6O/c1-24(2,3)23(31)30-10-7-15(8-11-30)21-13-18-20(6-9-25-22(18)28-21)27-17-4-5-19-16(12-17)14-26-29-19/h4-7,9,12-13H,8,10-11,14H2,1-3H3,(H2,25,27,28). The first-order valence-corrected chi connectivity index (χ1v) is 10.6. The third kappa shape index (κ3) is 3.71. The molecular weight excluding hydrogens is 388 g/mol. The van der Waals surface area contributed by atoms with E-state index in [-0.39, 0.29) is 11.3 Å². The molecule has 0 spiro atoms.